The lowest BCUT2D eigenvalue weighted by atomic mass is 10.1. The van der Waals surface area contributed by atoms with Crippen LogP contribution in [0, 0.1) is 0 Å². The number of hydrogen-bond donors (Lipinski definition) is 1. The van der Waals surface area contributed by atoms with E-state index in [4.69, 9.17) is 0 Å². The number of carbonyl (C=O) groups is 1. The third kappa shape index (κ3) is 5.65. The van der Waals surface area contributed by atoms with Gasteiger partial charge >= 0.3 is 0 Å². The molecule has 0 bridgehead atoms. The normalized spacial score (nSPS) is 17.2. The molecule has 0 aromatic carbocycles. The number of amides is 1. The highest BCUT2D eigenvalue weighted by Gasteiger charge is 2.11. The SMILES string of the molecule is O=C(CN1CCCCCCC1)NCCc1cnccn1. The summed E-state index contributed by atoms with van der Waals surface area (Å²) in [5.41, 5.74) is 0.916. The van der Waals surface area contributed by atoms with Gasteiger partial charge in [0.15, 0.2) is 0 Å². The van der Waals surface area contributed by atoms with Crippen molar-refractivity contribution in [2.24, 2.45) is 0 Å². The summed E-state index contributed by atoms with van der Waals surface area (Å²) >= 11 is 0. The van der Waals surface area contributed by atoms with Gasteiger partial charge in [-0.1, -0.05) is 19.3 Å². The Morgan fingerprint density at radius 2 is 1.90 bits per heavy atom. The summed E-state index contributed by atoms with van der Waals surface area (Å²) in [5, 5.41) is 2.97. The van der Waals surface area contributed by atoms with E-state index >= 15 is 0 Å². The molecule has 110 valence electrons. The summed E-state index contributed by atoms with van der Waals surface area (Å²) in [6.07, 6.45) is 12.2. The molecule has 0 atom stereocenters. The van der Waals surface area contributed by atoms with E-state index in [-0.39, 0.29) is 5.91 Å². The molecule has 0 radical (unpaired) electrons. The zero-order valence-corrected chi connectivity index (χ0v) is 12.1. The van der Waals surface area contributed by atoms with Gasteiger partial charge in [0, 0.05) is 31.6 Å². The summed E-state index contributed by atoms with van der Waals surface area (Å²) in [6.45, 7) is 3.26. The van der Waals surface area contributed by atoms with Crippen molar-refractivity contribution in [3.05, 3.63) is 24.3 Å². The van der Waals surface area contributed by atoms with Gasteiger partial charge in [0.1, 0.15) is 0 Å². The van der Waals surface area contributed by atoms with Gasteiger partial charge < -0.3 is 5.32 Å². The average Bonchev–Trinajstić information content (AvgIpc) is 2.43. The minimum atomic E-state index is 0.120. The molecule has 1 fully saturated rings. The Bertz CT molecular complexity index is 388. The maximum atomic E-state index is 11.9. The number of nitrogens with zero attached hydrogens (tertiary/aromatic N) is 3. The Balaban J connectivity index is 1.64. The van der Waals surface area contributed by atoms with Crippen molar-refractivity contribution in [2.75, 3.05) is 26.2 Å². The van der Waals surface area contributed by atoms with E-state index in [0.717, 1.165) is 25.2 Å². The van der Waals surface area contributed by atoms with Crippen LogP contribution < -0.4 is 5.32 Å². The van der Waals surface area contributed by atoms with Gasteiger partial charge in [-0.15, -0.1) is 0 Å². The smallest absolute Gasteiger partial charge is 0.234 e. The molecule has 1 aliphatic rings. The molecule has 0 aliphatic carbocycles. The molecule has 1 amide bonds. The van der Waals surface area contributed by atoms with Gasteiger partial charge in [0.05, 0.1) is 12.2 Å². The van der Waals surface area contributed by atoms with Gasteiger partial charge in [-0.05, 0) is 25.9 Å². The number of likely N-dealkylation sites (tertiary alicyclic amines) is 1. The Labute approximate surface area is 120 Å². The zero-order chi connectivity index (χ0) is 14.0. The van der Waals surface area contributed by atoms with Crippen molar-refractivity contribution in [3.63, 3.8) is 0 Å². The molecule has 5 heteroatoms. The summed E-state index contributed by atoms with van der Waals surface area (Å²) in [5.74, 6) is 0.120. The topological polar surface area (TPSA) is 58.1 Å². The van der Waals surface area contributed by atoms with Gasteiger partial charge in [0.25, 0.3) is 0 Å². The fraction of sp³-hybridized carbons (Fsp3) is 0.667. The van der Waals surface area contributed by atoms with Crippen LogP contribution in [0.3, 0.4) is 0 Å². The van der Waals surface area contributed by atoms with Crippen LogP contribution in [-0.2, 0) is 11.2 Å². The Morgan fingerprint density at radius 1 is 1.15 bits per heavy atom. The minimum Gasteiger partial charge on any atom is -0.355 e. The lowest BCUT2D eigenvalue weighted by molar-refractivity contribution is -0.122. The fourth-order valence-electron chi connectivity index (χ4n) is 2.52. The second-order valence-electron chi connectivity index (χ2n) is 5.34. The maximum Gasteiger partial charge on any atom is 0.234 e. The molecule has 0 saturated carbocycles. The molecule has 1 aromatic heterocycles. The third-order valence-electron chi connectivity index (χ3n) is 3.64. The van der Waals surface area contributed by atoms with Crippen LogP contribution in [0.4, 0.5) is 0 Å². The second kappa shape index (κ2) is 8.64. The number of rotatable bonds is 5. The van der Waals surface area contributed by atoms with Gasteiger partial charge in [-0.2, -0.15) is 0 Å². The summed E-state index contributed by atoms with van der Waals surface area (Å²) in [6, 6.07) is 0. The number of hydrogen-bond acceptors (Lipinski definition) is 4. The first-order chi connectivity index (χ1) is 9.84. The van der Waals surface area contributed by atoms with Crippen molar-refractivity contribution < 1.29 is 4.79 Å². The second-order valence-corrected chi connectivity index (χ2v) is 5.34. The van der Waals surface area contributed by atoms with Crippen LogP contribution in [0.25, 0.3) is 0 Å². The van der Waals surface area contributed by atoms with E-state index in [2.05, 4.69) is 20.2 Å². The molecule has 20 heavy (non-hydrogen) atoms. The average molecular weight is 276 g/mol. The molecule has 1 aliphatic heterocycles. The molecule has 2 heterocycles. The van der Waals surface area contributed by atoms with Crippen LogP contribution in [0.15, 0.2) is 18.6 Å². The van der Waals surface area contributed by atoms with Crippen LogP contribution in [0.5, 0.6) is 0 Å². The van der Waals surface area contributed by atoms with Crippen molar-refractivity contribution >= 4 is 5.91 Å². The number of nitrogens with one attached hydrogen (secondary N) is 1. The van der Waals surface area contributed by atoms with E-state index in [1.54, 1.807) is 18.6 Å². The Morgan fingerprint density at radius 3 is 2.60 bits per heavy atom. The molecular weight excluding hydrogens is 252 g/mol. The van der Waals surface area contributed by atoms with E-state index in [9.17, 15) is 4.79 Å². The maximum absolute atomic E-state index is 11.9. The van der Waals surface area contributed by atoms with Crippen molar-refractivity contribution in [1.82, 2.24) is 20.2 Å². The van der Waals surface area contributed by atoms with Crippen LogP contribution in [0.1, 0.15) is 37.8 Å². The Hall–Kier alpha value is -1.49. The van der Waals surface area contributed by atoms with Gasteiger partial charge in [-0.25, -0.2) is 0 Å². The van der Waals surface area contributed by atoms with E-state index in [1.165, 1.54) is 32.1 Å². The predicted molar refractivity (Wildman–Crippen MR) is 78.3 cm³/mol. The number of carbonyl (C=O) groups excluding carboxylic acids is 1. The minimum absolute atomic E-state index is 0.120. The highest BCUT2D eigenvalue weighted by molar-refractivity contribution is 5.77. The molecular formula is C15H24N4O. The van der Waals surface area contributed by atoms with Gasteiger partial charge in [-0.3, -0.25) is 19.7 Å². The molecule has 5 nitrogen and oxygen atoms in total. The first-order valence-corrected chi connectivity index (χ1v) is 7.58. The molecule has 1 saturated heterocycles. The lowest BCUT2D eigenvalue weighted by Gasteiger charge is -2.23. The summed E-state index contributed by atoms with van der Waals surface area (Å²) in [7, 11) is 0. The zero-order valence-electron chi connectivity index (χ0n) is 12.1. The first kappa shape index (κ1) is 14.9. The Kier molecular flexibility index (Phi) is 6.44. The highest BCUT2D eigenvalue weighted by Crippen LogP contribution is 2.09. The molecule has 0 unspecified atom stereocenters. The lowest BCUT2D eigenvalue weighted by Crippen LogP contribution is -2.39. The van der Waals surface area contributed by atoms with Crippen LogP contribution >= 0.6 is 0 Å². The van der Waals surface area contributed by atoms with Crippen LogP contribution in [0.2, 0.25) is 0 Å². The summed E-state index contributed by atoms with van der Waals surface area (Å²) < 4.78 is 0. The van der Waals surface area contributed by atoms with Gasteiger partial charge in [0.2, 0.25) is 5.91 Å². The quantitative estimate of drug-likeness (QED) is 0.883. The van der Waals surface area contributed by atoms with Crippen molar-refractivity contribution in [2.45, 2.75) is 38.5 Å². The summed E-state index contributed by atoms with van der Waals surface area (Å²) in [4.78, 5) is 22.4. The monoisotopic (exact) mass is 276 g/mol. The predicted octanol–water partition coefficient (Wildman–Crippen LogP) is 1.40. The fourth-order valence-corrected chi connectivity index (χ4v) is 2.52. The van der Waals surface area contributed by atoms with Crippen LogP contribution in [-0.4, -0.2) is 47.0 Å². The number of aromatic nitrogens is 2. The first-order valence-electron chi connectivity index (χ1n) is 7.58. The molecule has 2 rings (SSSR count). The molecule has 0 spiro atoms. The van der Waals surface area contributed by atoms with Crippen molar-refractivity contribution in [3.8, 4) is 0 Å². The van der Waals surface area contributed by atoms with E-state index in [1.807, 2.05) is 0 Å². The molecule has 1 aromatic rings. The third-order valence-corrected chi connectivity index (χ3v) is 3.64. The highest BCUT2D eigenvalue weighted by atomic mass is 16.2. The van der Waals surface area contributed by atoms with E-state index < -0.39 is 0 Å². The standard InChI is InChI=1S/C15H24N4O/c20-15(13-19-10-4-2-1-3-5-11-19)18-7-6-14-12-16-8-9-17-14/h8-9,12H,1-7,10-11,13H2,(H,18,20). The van der Waals surface area contributed by atoms with Crippen molar-refractivity contribution in [1.29, 1.82) is 0 Å². The van der Waals surface area contributed by atoms with E-state index in [0.29, 0.717) is 13.1 Å². The largest absolute Gasteiger partial charge is 0.355 e. The molecule has 1 N–H and O–H groups in total.